The summed E-state index contributed by atoms with van der Waals surface area (Å²) >= 11 is 8.13. The Hall–Kier alpha value is -1.09. The lowest BCUT2D eigenvalue weighted by molar-refractivity contribution is -0.154. The van der Waals surface area contributed by atoms with Crippen molar-refractivity contribution in [2.24, 2.45) is 0 Å². The third-order valence-corrected chi connectivity index (χ3v) is 7.94. The van der Waals surface area contributed by atoms with E-state index in [1.807, 2.05) is 12.1 Å². The minimum Gasteiger partial charge on any atom is -0.463 e. The number of ether oxygens (including phenoxy) is 3. The predicted octanol–water partition coefficient (Wildman–Crippen LogP) is 3.18. The Balaban J connectivity index is 1.59. The Bertz CT molecular complexity index is 816. The third kappa shape index (κ3) is 4.16. The van der Waals surface area contributed by atoms with Crippen molar-refractivity contribution in [2.75, 3.05) is 19.8 Å². The molecule has 30 heavy (non-hydrogen) atoms. The molecule has 1 saturated heterocycles. The maximum atomic E-state index is 12.8. The van der Waals surface area contributed by atoms with Crippen LogP contribution in [-0.4, -0.2) is 59.2 Å². The molecule has 4 atom stereocenters. The number of rotatable bonds is 6. The van der Waals surface area contributed by atoms with Gasteiger partial charge in [-0.2, -0.15) is 0 Å². The van der Waals surface area contributed by atoms with Crippen LogP contribution in [-0.2, 0) is 25.4 Å². The van der Waals surface area contributed by atoms with Gasteiger partial charge in [-0.05, 0) is 49.5 Å². The van der Waals surface area contributed by atoms with Crippen molar-refractivity contribution in [3.63, 3.8) is 0 Å². The molecule has 0 aromatic heterocycles. The molecule has 164 valence electrons. The van der Waals surface area contributed by atoms with Crippen molar-refractivity contribution < 1.29 is 29.2 Å². The fourth-order valence-electron chi connectivity index (χ4n) is 4.53. The van der Waals surface area contributed by atoms with Crippen LogP contribution in [0.2, 0.25) is 5.02 Å². The molecule has 8 heteroatoms. The lowest BCUT2D eigenvalue weighted by atomic mass is 9.94. The van der Waals surface area contributed by atoms with E-state index in [4.69, 9.17) is 25.8 Å². The lowest BCUT2D eigenvalue weighted by Crippen LogP contribution is -2.37. The smallest absolute Gasteiger partial charge is 0.335 e. The second kappa shape index (κ2) is 9.18. The van der Waals surface area contributed by atoms with Gasteiger partial charge in [-0.3, -0.25) is 0 Å². The van der Waals surface area contributed by atoms with Gasteiger partial charge in [-0.15, -0.1) is 11.8 Å². The largest absolute Gasteiger partial charge is 0.463 e. The predicted molar refractivity (Wildman–Crippen MR) is 114 cm³/mol. The first-order chi connectivity index (χ1) is 14.5. The average Bonchev–Trinajstić information content (AvgIpc) is 3.32. The van der Waals surface area contributed by atoms with Gasteiger partial charge in [0.2, 0.25) is 0 Å². The molecule has 2 N–H and O–H groups in total. The van der Waals surface area contributed by atoms with Gasteiger partial charge in [-0.25, -0.2) is 4.79 Å². The number of carbonyl (C=O) groups excluding carboxylic acids is 1. The second-order valence-electron chi connectivity index (χ2n) is 7.81. The highest BCUT2D eigenvalue weighted by Gasteiger charge is 2.49. The second-order valence-corrected chi connectivity index (χ2v) is 9.63. The van der Waals surface area contributed by atoms with E-state index in [1.54, 1.807) is 24.8 Å². The Morgan fingerprint density at radius 3 is 2.63 bits per heavy atom. The zero-order valence-electron chi connectivity index (χ0n) is 16.9. The quantitative estimate of drug-likeness (QED) is 0.638. The van der Waals surface area contributed by atoms with Crippen LogP contribution in [0.5, 0.6) is 0 Å². The molecule has 2 unspecified atom stereocenters. The molecule has 2 aliphatic carbocycles. The van der Waals surface area contributed by atoms with Crippen molar-refractivity contribution in [3.8, 4) is 0 Å². The number of hydrogen-bond acceptors (Lipinski definition) is 7. The van der Waals surface area contributed by atoms with Gasteiger partial charge in [0.05, 0.1) is 25.4 Å². The van der Waals surface area contributed by atoms with Gasteiger partial charge >= 0.3 is 5.97 Å². The van der Waals surface area contributed by atoms with Crippen LogP contribution in [0.15, 0.2) is 29.8 Å². The maximum Gasteiger partial charge on any atom is 0.335 e. The number of esters is 1. The summed E-state index contributed by atoms with van der Waals surface area (Å²) in [7, 11) is 0. The molecule has 4 rings (SSSR count). The first kappa shape index (κ1) is 22.1. The molecule has 1 aromatic carbocycles. The topological polar surface area (TPSA) is 85.2 Å². The summed E-state index contributed by atoms with van der Waals surface area (Å²) in [6.45, 7) is 1.55. The normalized spacial score (nSPS) is 29.7. The van der Waals surface area contributed by atoms with E-state index in [1.165, 1.54) is 11.1 Å². The molecular weight excluding hydrogens is 428 g/mol. The first-order valence-corrected chi connectivity index (χ1v) is 11.7. The summed E-state index contributed by atoms with van der Waals surface area (Å²) in [5.41, 5.74) is 2.97. The third-order valence-electron chi connectivity index (χ3n) is 5.95. The molecule has 6 nitrogen and oxygen atoms in total. The van der Waals surface area contributed by atoms with Crippen molar-refractivity contribution in [1.82, 2.24) is 0 Å². The number of carbonyl (C=O) groups is 1. The monoisotopic (exact) mass is 454 g/mol. The van der Waals surface area contributed by atoms with E-state index in [9.17, 15) is 15.0 Å². The van der Waals surface area contributed by atoms with Crippen LogP contribution in [0.4, 0.5) is 0 Å². The summed E-state index contributed by atoms with van der Waals surface area (Å²) in [5.74, 6) is -1.49. The molecule has 1 heterocycles. The summed E-state index contributed by atoms with van der Waals surface area (Å²) in [5, 5.41) is 20.1. The fraction of sp³-hybridized carbons (Fsp3) is 0.591. The van der Waals surface area contributed by atoms with Gasteiger partial charge in [-0.1, -0.05) is 23.7 Å². The zero-order valence-corrected chi connectivity index (χ0v) is 18.5. The van der Waals surface area contributed by atoms with Crippen LogP contribution in [0.1, 0.15) is 42.6 Å². The standard InChI is InChI=1S/C22H27ClO6S/c1-2-27-21(26)15-10-22(28-17(11-24)18(12-25)29-22)9-8-20(15)30-19-7-6-13-14(19)4-3-5-16(13)23/h3-5,10,17-20,24-25H,2,6-9,11-12H2,1H3/t17-,18-,19?,20?/m0/s1. The number of fused-ring (bicyclic) bond motifs is 1. The van der Waals surface area contributed by atoms with E-state index < -0.39 is 18.0 Å². The number of thioether (sulfide) groups is 1. The number of benzene rings is 1. The molecule has 3 aliphatic rings. The lowest BCUT2D eigenvalue weighted by Gasteiger charge is -2.34. The molecular formula is C22H27ClO6S. The average molecular weight is 455 g/mol. The van der Waals surface area contributed by atoms with Crippen LogP contribution in [0, 0.1) is 0 Å². The molecule has 1 fully saturated rings. The molecule has 1 spiro atoms. The molecule has 0 saturated carbocycles. The van der Waals surface area contributed by atoms with Gasteiger partial charge in [0.25, 0.3) is 0 Å². The highest BCUT2D eigenvalue weighted by Crippen LogP contribution is 2.50. The van der Waals surface area contributed by atoms with E-state index in [0.29, 0.717) is 18.4 Å². The summed E-state index contributed by atoms with van der Waals surface area (Å²) in [4.78, 5) is 12.8. The van der Waals surface area contributed by atoms with Crippen LogP contribution >= 0.6 is 23.4 Å². The molecule has 0 bridgehead atoms. The Kier molecular flexibility index (Phi) is 6.77. The number of halogens is 1. The molecule has 0 amide bonds. The van der Waals surface area contributed by atoms with Crippen LogP contribution in [0.3, 0.4) is 0 Å². The van der Waals surface area contributed by atoms with Crippen molar-refractivity contribution >= 4 is 29.3 Å². The van der Waals surface area contributed by atoms with E-state index >= 15 is 0 Å². The molecule has 0 radical (unpaired) electrons. The highest BCUT2D eigenvalue weighted by atomic mass is 35.5. The summed E-state index contributed by atoms with van der Waals surface area (Å²) in [6.07, 6.45) is 3.58. The van der Waals surface area contributed by atoms with Crippen molar-refractivity contribution in [2.45, 2.75) is 61.1 Å². The van der Waals surface area contributed by atoms with Crippen LogP contribution < -0.4 is 0 Å². The number of aliphatic hydroxyl groups excluding tert-OH is 2. The van der Waals surface area contributed by atoms with E-state index in [0.717, 1.165) is 17.9 Å². The number of hydrogen-bond donors (Lipinski definition) is 2. The molecule has 1 aromatic rings. The Labute approximate surface area is 185 Å². The maximum absolute atomic E-state index is 12.8. The Morgan fingerprint density at radius 1 is 1.23 bits per heavy atom. The van der Waals surface area contributed by atoms with Gasteiger partial charge in [0.1, 0.15) is 12.2 Å². The first-order valence-electron chi connectivity index (χ1n) is 10.4. The summed E-state index contributed by atoms with van der Waals surface area (Å²) in [6, 6.07) is 6.01. The van der Waals surface area contributed by atoms with E-state index in [-0.39, 0.29) is 36.3 Å². The summed E-state index contributed by atoms with van der Waals surface area (Å²) < 4.78 is 17.2. The van der Waals surface area contributed by atoms with Crippen molar-refractivity contribution in [3.05, 3.63) is 46.0 Å². The van der Waals surface area contributed by atoms with Gasteiger partial charge in [0.15, 0.2) is 5.79 Å². The Morgan fingerprint density at radius 2 is 1.97 bits per heavy atom. The van der Waals surface area contributed by atoms with Crippen molar-refractivity contribution in [1.29, 1.82) is 0 Å². The minimum atomic E-state index is -1.11. The number of aliphatic hydroxyl groups is 2. The zero-order chi connectivity index (χ0) is 21.3. The molecule has 1 aliphatic heterocycles. The fourth-order valence-corrected chi connectivity index (χ4v) is 6.39. The van der Waals surface area contributed by atoms with Gasteiger partial charge < -0.3 is 24.4 Å². The minimum absolute atomic E-state index is 0.0578. The van der Waals surface area contributed by atoms with Crippen LogP contribution in [0.25, 0.3) is 0 Å². The highest BCUT2D eigenvalue weighted by molar-refractivity contribution is 8.00. The SMILES string of the molecule is CCOC(=O)C1=CC2(CCC1SC1CCc3c(Cl)cccc31)O[C@@H](CO)[C@H](CO)O2. The van der Waals surface area contributed by atoms with E-state index in [2.05, 4.69) is 6.07 Å². The van der Waals surface area contributed by atoms with Gasteiger partial charge in [0, 0.05) is 21.9 Å².